The Morgan fingerprint density at radius 2 is 1.96 bits per heavy atom. The molecule has 1 heterocycles. The van der Waals surface area contributed by atoms with Crippen molar-refractivity contribution in [1.82, 2.24) is 15.6 Å². The maximum Gasteiger partial charge on any atom is 0.350 e. The number of rotatable bonds is 8. The number of benzene rings is 1. The van der Waals surface area contributed by atoms with E-state index in [0.717, 1.165) is 17.5 Å². The summed E-state index contributed by atoms with van der Waals surface area (Å²) in [7, 11) is 0. The van der Waals surface area contributed by atoms with Gasteiger partial charge < -0.3 is 15.4 Å². The molecule has 0 aliphatic heterocycles. The second-order valence-corrected chi connectivity index (χ2v) is 7.62. The van der Waals surface area contributed by atoms with Crippen LogP contribution in [-0.4, -0.2) is 36.6 Å². The summed E-state index contributed by atoms with van der Waals surface area (Å²) in [6.45, 7) is 11.7. The third-order valence-corrected chi connectivity index (χ3v) is 5.55. The SMILES string of the molecule is CCNC(=NCC(C)c1ccccc1)NC(C)c1nc(C)c(C(=O)OCC)s1. The zero-order chi connectivity index (χ0) is 20.5. The van der Waals surface area contributed by atoms with E-state index in [0.29, 0.717) is 29.6 Å². The maximum atomic E-state index is 12.0. The van der Waals surface area contributed by atoms with Gasteiger partial charge in [-0.3, -0.25) is 4.99 Å². The van der Waals surface area contributed by atoms with Gasteiger partial charge in [-0.25, -0.2) is 9.78 Å². The van der Waals surface area contributed by atoms with Crippen molar-refractivity contribution in [2.45, 2.75) is 46.6 Å². The van der Waals surface area contributed by atoms with Gasteiger partial charge >= 0.3 is 5.97 Å². The lowest BCUT2D eigenvalue weighted by Gasteiger charge is -2.17. The predicted molar refractivity (Wildman–Crippen MR) is 115 cm³/mol. The largest absolute Gasteiger partial charge is 0.462 e. The molecule has 0 aliphatic carbocycles. The van der Waals surface area contributed by atoms with E-state index in [-0.39, 0.29) is 12.0 Å². The summed E-state index contributed by atoms with van der Waals surface area (Å²) in [5, 5.41) is 7.50. The smallest absolute Gasteiger partial charge is 0.350 e. The highest BCUT2D eigenvalue weighted by atomic mass is 32.1. The van der Waals surface area contributed by atoms with Crippen LogP contribution < -0.4 is 10.6 Å². The van der Waals surface area contributed by atoms with Crippen LogP contribution in [0.5, 0.6) is 0 Å². The average molecular weight is 403 g/mol. The molecule has 2 atom stereocenters. The molecule has 2 aromatic rings. The predicted octanol–water partition coefficient (Wildman–Crippen LogP) is 4.05. The number of hydrogen-bond donors (Lipinski definition) is 2. The lowest BCUT2D eigenvalue weighted by Crippen LogP contribution is -2.39. The highest BCUT2D eigenvalue weighted by Gasteiger charge is 2.20. The number of carbonyl (C=O) groups is 1. The molecule has 0 amide bonds. The summed E-state index contributed by atoms with van der Waals surface area (Å²) in [6, 6.07) is 10.3. The molecule has 7 heteroatoms. The van der Waals surface area contributed by atoms with Crippen molar-refractivity contribution < 1.29 is 9.53 Å². The van der Waals surface area contributed by atoms with E-state index in [1.807, 2.05) is 39.0 Å². The zero-order valence-corrected chi connectivity index (χ0v) is 18.1. The van der Waals surface area contributed by atoms with Gasteiger partial charge in [-0.1, -0.05) is 37.3 Å². The van der Waals surface area contributed by atoms with E-state index < -0.39 is 0 Å². The molecule has 0 aliphatic rings. The Balaban J connectivity index is 2.06. The van der Waals surface area contributed by atoms with Crippen LogP contribution in [0.15, 0.2) is 35.3 Å². The van der Waals surface area contributed by atoms with Gasteiger partial charge in [-0.2, -0.15) is 0 Å². The molecule has 2 rings (SSSR count). The molecule has 1 aromatic heterocycles. The summed E-state index contributed by atoms with van der Waals surface area (Å²) >= 11 is 1.37. The van der Waals surface area contributed by atoms with Gasteiger partial charge in [-0.05, 0) is 33.3 Å². The fourth-order valence-electron chi connectivity index (χ4n) is 2.69. The molecule has 0 radical (unpaired) electrons. The third-order valence-electron chi connectivity index (χ3n) is 4.23. The number of guanidine groups is 1. The summed E-state index contributed by atoms with van der Waals surface area (Å²) in [6.07, 6.45) is 0. The van der Waals surface area contributed by atoms with Crippen molar-refractivity contribution >= 4 is 23.3 Å². The fraction of sp³-hybridized carbons (Fsp3) is 0.476. The van der Waals surface area contributed by atoms with Crippen LogP contribution in [0.3, 0.4) is 0 Å². The fourth-order valence-corrected chi connectivity index (χ4v) is 3.65. The van der Waals surface area contributed by atoms with Crippen molar-refractivity contribution in [2.24, 2.45) is 4.99 Å². The van der Waals surface area contributed by atoms with E-state index in [1.54, 1.807) is 6.92 Å². The number of aliphatic imine (C=N–C) groups is 1. The van der Waals surface area contributed by atoms with Gasteiger partial charge in [0, 0.05) is 19.0 Å². The molecule has 0 bridgehead atoms. The normalized spacial score (nSPS) is 13.7. The molecular formula is C21H30N4O2S. The first-order valence-corrected chi connectivity index (χ1v) is 10.5. The Hall–Kier alpha value is -2.41. The first-order valence-electron chi connectivity index (χ1n) is 9.70. The van der Waals surface area contributed by atoms with Crippen LogP contribution in [0.4, 0.5) is 0 Å². The van der Waals surface area contributed by atoms with Gasteiger partial charge in [0.25, 0.3) is 0 Å². The van der Waals surface area contributed by atoms with E-state index in [1.165, 1.54) is 16.9 Å². The molecule has 1 aromatic carbocycles. The number of ether oxygens (including phenoxy) is 1. The Morgan fingerprint density at radius 3 is 2.61 bits per heavy atom. The summed E-state index contributed by atoms with van der Waals surface area (Å²) in [5.74, 6) is 0.751. The van der Waals surface area contributed by atoms with Crippen molar-refractivity contribution in [3.8, 4) is 0 Å². The molecule has 152 valence electrons. The zero-order valence-electron chi connectivity index (χ0n) is 17.3. The molecule has 0 spiro atoms. The topological polar surface area (TPSA) is 75.6 Å². The number of esters is 1. The Morgan fingerprint density at radius 1 is 1.25 bits per heavy atom. The molecule has 28 heavy (non-hydrogen) atoms. The molecule has 6 nitrogen and oxygen atoms in total. The minimum absolute atomic E-state index is 0.0725. The molecule has 0 saturated heterocycles. The van der Waals surface area contributed by atoms with Crippen molar-refractivity contribution in [3.63, 3.8) is 0 Å². The number of aromatic nitrogens is 1. The molecule has 2 unspecified atom stereocenters. The van der Waals surface area contributed by atoms with Gasteiger partial charge in [0.15, 0.2) is 5.96 Å². The summed E-state index contributed by atoms with van der Waals surface area (Å²) in [4.78, 5) is 21.9. The number of hydrogen-bond acceptors (Lipinski definition) is 5. The highest BCUT2D eigenvalue weighted by Crippen LogP contribution is 2.24. The van der Waals surface area contributed by atoms with Gasteiger partial charge in [-0.15, -0.1) is 11.3 Å². The Kier molecular flexibility index (Phi) is 8.44. The number of nitrogens with zero attached hydrogens (tertiary/aromatic N) is 2. The van der Waals surface area contributed by atoms with E-state index in [9.17, 15) is 4.79 Å². The van der Waals surface area contributed by atoms with Crippen LogP contribution >= 0.6 is 11.3 Å². The quantitative estimate of drug-likeness (QED) is 0.396. The van der Waals surface area contributed by atoms with Crippen molar-refractivity contribution in [1.29, 1.82) is 0 Å². The summed E-state index contributed by atoms with van der Waals surface area (Å²) < 4.78 is 5.10. The molecular weight excluding hydrogens is 372 g/mol. The second-order valence-electron chi connectivity index (χ2n) is 6.58. The minimum atomic E-state index is -0.312. The highest BCUT2D eigenvalue weighted by molar-refractivity contribution is 7.13. The maximum absolute atomic E-state index is 12.0. The number of carbonyl (C=O) groups excluding carboxylic acids is 1. The first kappa shape index (κ1) is 21.9. The average Bonchev–Trinajstić information content (AvgIpc) is 3.09. The van der Waals surface area contributed by atoms with Gasteiger partial charge in [0.1, 0.15) is 9.88 Å². The van der Waals surface area contributed by atoms with Crippen LogP contribution in [0.2, 0.25) is 0 Å². The Bertz CT molecular complexity index is 789. The van der Waals surface area contributed by atoms with E-state index >= 15 is 0 Å². The van der Waals surface area contributed by atoms with Crippen LogP contribution in [0, 0.1) is 6.92 Å². The van der Waals surface area contributed by atoms with Crippen molar-refractivity contribution in [2.75, 3.05) is 19.7 Å². The number of thiazole rings is 1. The van der Waals surface area contributed by atoms with Crippen LogP contribution in [0.1, 0.15) is 65.6 Å². The third kappa shape index (κ3) is 6.05. The van der Waals surface area contributed by atoms with Crippen molar-refractivity contribution in [3.05, 3.63) is 51.5 Å². The van der Waals surface area contributed by atoms with E-state index in [4.69, 9.17) is 9.73 Å². The minimum Gasteiger partial charge on any atom is -0.462 e. The standard InChI is InChI=1S/C21H30N4O2S/c1-6-22-21(23-13-14(3)17-11-9-8-10-12-17)25-16(5)19-24-15(4)18(28-19)20(26)27-7-2/h8-12,14,16H,6-7,13H2,1-5H3,(H2,22,23,25). The van der Waals surface area contributed by atoms with Gasteiger partial charge in [0.2, 0.25) is 0 Å². The van der Waals surface area contributed by atoms with Crippen LogP contribution in [0.25, 0.3) is 0 Å². The molecule has 0 saturated carbocycles. The lowest BCUT2D eigenvalue weighted by atomic mass is 10.0. The first-order chi connectivity index (χ1) is 13.5. The monoisotopic (exact) mass is 402 g/mol. The van der Waals surface area contributed by atoms with Gasteiger partial charge in [0.05, 0.1) is 18.3 Å². The van der Waals surface area contributed by atoms with Crippen LogP contribution in [-0.2, 0) is 4.74 Å². The van der Waals surface area contributed by atoms with E-state index in [2.05, 4.69) is 34.7 Å². The number of aryl methyl sites for hydroxylation is 1. The summed E-state index contributed by atoms with van der Waals surface area (Å²) in [5.41, 5.74) is 1.97. The Labute approximate surface area is 171 Å². The number of nitrogens with one attached hydrogen (secondary N) is 2. The molecule has 2 N–H and O–H groups in total. The lowest BCUT2D eigenvalue weighted by molar-refractivity contribution is 0.0531. The second kappa shape index (κ2) is 10.8. The molecule has 0 fully saturated rings.